The molecule has 5 nitrogen and oxygen atoms in total. The molecule has 1 aromatic rings. The fourth-order valence-electron chi connectivity index (χ4n) is 1.93. The average Bonchev–Trinajstić information content (AvgIpc) is 2.74. The number of hydrogen-bond acceptors (Lipinski definition) is 4. The largest absolute Gasteiger partial charge is 0.490 e. The Kier molecular flexibility index (Phi) is 3.29. The molecule has 0 amide bonds. The first kappa shape index (κ1) is 13.9. The van der Waals surface area contributed by atoms with Gasteiger partial charge in [0.15, 0.2) is 0 Å². The van der Waals surface area contributed by atoms with Gasteiger partial charge in [0, 0.05) is 24.8 Å². The second-order valence-electron chi connectivity index (χ2n) is 5.05. The molecule has 1 N–H and O–H groups in total. The van der Waals surface area contributed by atoms with Crippen molar-refractivity contribution in [3.63, 3.8) is 0 Å². The van der Waals surface area contributed by atoms with Gasteiger partial charge in [0.2, 0.25) is 0 Å². The Bertz CT molecular complexity index is 472. The van der Waals surface area contributed by atoms with Crippen LogP contribution < -0.4 is 5.32 Å². The normalized spacial score (nSPS) is 15.4. The van der Waals surface area contributed by atoms with E-state index in [-0.39, 0.29) is 6.54 Å². The van der Waals surface area contributed by atoms with Gasteiger partial charge in [-0.2, -0.15) is 18.3 Å². The minimum Gasteiger partial charge on any atom is -0.451 e. The quantitative estimate of drug-likeness (QED) is 0.848. The predicted molar refractivity (Wildman–Crippen MR) is 59.0 cm³/mol. The van der Waals surface area contributed by atoms with Crippen LogP contribution in [0.1, 0.15) is 25.1 Å². The molecule has 1 aliphatic heterocycles. The average molecular weight is 277 g/mol. The molecule has 0 bridgehead atoms. The van der Waals surface area contributed by atoms with Gasteiger partial charge in [-0.25, -0.2) is 4.79 Å². The Morgan fingerprint density at radius 1 is 1.47 bits per heavy atom. The summed E-state index contributed by atoms with van der Waals surface area (Å²) in [5.74, 6) is -2.18. The summed E-state index contributed by atoms with van der Waals surface area (Å²) in [6.45, 7) is 4.24. The minimum absolute atomic E-state index is 0.0713. The lowest BCUT2D eigenvalue weighted by atomic mass is 10.1. The van der Waals surface area contributed by atoms with Gasteiger partial charge >= 0.3 is 12.1 Å². The second kappa shape index (κ2) is 4.52. The summed E-state index contributed by atoms with van der Waals surface area (Å²) >= 11 is 0. The van der Waals surface area contributed by atoms with Crippen LogP contribution in [0.25, 0.3) is 0 Å². The highest BCUT2D eigenvalue weighted by molar-refractivity contribution is 5.76. The molecule has 0 unspecified atom stereocenters. The molecule has 1 aromatic heterocycles. The van der Waals surface area contributed by atoms with Crippen LogP contribution in [-0.4, -0.2) is 27.5 Å². The zero-order valence-electron chi connectivity index (χ0n) is 10.5. The number of nitrogens with zero attached hydrogens (tertiary/aromatic N) is 2. The highest BCUT2D eigenvalue weighted by atomic mass is 19.4. The molecular weight excluding hydrogens is 263 g/mol. The highest BCUT2D eigenvalue weighted by Crippen LogP contribution is 2.23. The van der Waals surface area contributed by atoms with Crippen LogP contribution in [0.5, 0.6) is 0 Å². The molecule has 0 saturated heterocycles. The molecule has 0 radical (unpaired) electrons. The number of aromatic nitrogens is 2. The molecule has 0 atom stereocenters. The van der Waals surface area contributed by atoms with E-state index in [0.29, 0.717) is 13.1 Å². The lowest BCUT2D eigenvalue weighted by molar-refractivity contribution is -0.212. The smallest absolute Gasteiger partial charge is 0.451 e. The van der Waals surface area contributed by atoms with Crippen LogP contribution in [0, 0.1) is 0 Å². The molecule has 0 saturated carbocycles. The SMILES string of the molecule is CC(C)(Cn1cc2c(n1)CNC2)OC(=O)C(F)(F)F. The fourth-order valence-corrected chi connectivity index (χ4v) is 1.93. The maximum absolute atomic E-state index is 12.1. The number of nitrogens with one attached hydrogen (secondary N) is 1. The van der Waals surface area contributed by atoms with Crippen LogP contribution in [-0.2, 0) is 29.2 Å². The van der Waals surface area contributed by atoms with Gasteiger partial charge in [-0.3, -0.25) is 4.68 Å². The van der Waals surface area contributed by atoms with E-state index in [1.54, 1.807) is 6.20 Å². The van der Waals surface area contributed by atoms with Crippen molar-refractivity contribution < 1.29 is 22.7 Å². The van der Waals surface area contributed by atoms with E-state index < -0.39 is 17.7 Å². The predicted octanol–water partition coefficient (Wildman–Crippen LogP) is 1.37. The van der Waals surface area contributed by atoms with Crippen molar-refractivity contribution in [2.24, 2.45) is 0 Å². The number of fused-ring (bicyclic) bond motifs is 1. The molecule has 2 rings (SSSR count). The summed E-state index contributed by atoms with van der Waals surface area (Å²) in [6.07, 6.45) is -3.23. The third-order valence-corrected chi connectivity index (χ3v) is 2.68. The first-order valence-electron chi connectivity index (χ1n) is 5.73. The maximum Gasteiger partial charge on any atom is 0.490 e. The van der Waals surface area contributed by atoms with Crippen molar-refractivity contribution in [2.45, 2.75) is 45.3 Å². The molecule has 19 heavy (non-hydrogen) atoms. The number of halogens is 3. The van der Waals surface area contributed by atoms with Crippen molar-refractivity contribution in [2.75, 3.05) is 0 Å². The van der Waals surface area contributed by atoms with E-state index in [1.807, 2.05) is 0 Å². The molecule has 0 spiro atoms. The van der Waals surface area contributed by atoms with Gasteiger partial charge in [-0.1, -0.05) is 0 Å². The summed E-state index contributed by atoms with van der Waals surface area (Å²) < 4.78 is 42.4. The molecule has 0 fully saturated rings. The number of hydrogen-bond donors (Lipinski definition) is 1. The Labute approximate surface area is 107 Å². The summed E-state index contributed by atoms with van der Waals surface area (Å²) in [5.41, 5.74) is 0.607. The Hall–Kier alpha value is -1.57. The molecule has 2 heterocycles. The zero-order valence-corrected chi connectivity index (χ0v) is 10.5. The van der Waals surface area contributed by atoms with Crippen molar-refractivity contribution in [1.82, 2.24) is 15.1 Å². The number of rotatable bonds is 3. The topological polar surface area (TPSA) is 56.1 Å². The molecule has 8 heteroatoms. The number of esters is 1. The standard InChI is InChI=1S/C11H14F3N3O2/c1-10(2,19-9(18)11(12,13)14)6-17-5-7-3-15-4-8(7)16-17/h5,15H,3-4,6H2,1-2H3. The maximum atomic E-state index is 12.1. The molecule has 0 aliphatic carbocycles. The van der Waals surface area contributed by atoms with E-state index in [1.165, 1.54) is 18.5 Å². The monoisotopic (exact) mass is 277 g/mol. The lowest BCUT2D eigenvalue weighted by Crippen LogP contribution is -2.38. The fraction of sp³-hybridized carbons (Fsp3) is 0.636. The minimum atomic E-state index is -4.98. The van der Waals surface area contributed by atoms with Gasteiger partial charge in [0.05, 0.1) is 12.2 Å². The molecular formula is C11H14F3N3O2. The number of carbonyl (C=O) groups is 1. The first-order valence-corrected chi connectivity index (χ1v) is 5.73. The zero-order chi connectivity index (χ0) is 14.3. The van der Waals surface area contributed by atoms with Crippen LogP contribution in [0.15, 0.2) is 6.20 Å². The Morgan fingerprint density at radius 3 is 2.74 bits per heavy atom. The number of ether oxygens (including phenoxy) is 1. The van der Waals surface area contributed by atoms with Crippen LogP contribution in [0.3, 0.4) is 0 Å². The summed E-state index contributed by atoms with van der Waals surface area (Å²) in [5, 5.41) is 7.33. The second-order valence-corrected chi connectivity index (χ2v) is 5.05. The van der Waals surface area contributed by atoms with E-state index in [2.05, 4.69) is 15.2 Å². The third kappa shape index (κ3) is 3.25. The van der Waals surface area contributed by atoms with Gasteiger partial charge in [-0.05, 0) is 13.8 Å². The lowest BCUT2D eigenvalue weighted by Gasteiger charge is -2.25. The van der Waals surface area contributed by atoms with Crippen LogP contribution >= 0.6 is 0 Å². The Balaban J connectivity index is 2.02. The van der Waals surface area contributed by atoms with Gasteiger partial charge in [0.1, 0.15) is 5.60 Å². The van der Waals surface area contributed by atoms with E-state index >= 15 is 0 Å². The molecule has 1 aliphatic rings. The van der Waals surface area contributed by atoms with Gasteiger partial charge in [0.25, 0.3) is 0 Å². The van der Waals surface area contributed by atoms with E-state index in [9.17, 15) is 18.0 Å². The van der Waals surface area contributed by atoms with Crippen LogP contribution in [0.2, 0.25) is 0 Å². The molecule has 0 aromatic carbocycles. The van der Waals surface area contributed by atoms with Crippen molar-refractivity contribution in [1.29, 1.82) is 0 Å². The number of carbonyl (C=O) groups excluding carboxylic acids is 1. The van der Waals surface area contributed by atoms with E-state index in [0.717, 1.165) is 11.3 Å². The summed E-state index contributed by atoms with van der Waals surface area (Å²) in [6, 6.07) is 0. The Morgan fingerprint density at radius 2 is 2.16 bits per heavy atom. The number of alkyl halides is 3. The van der Waals surface area contributed by atoms with Crippen molar-refractivity contribution >= 4 is 5.97 Å². The van der Waals surface area contributed by atoms with Crippen LogP contribution in [0.4, 0.5) is 13.2 Å². The first-order chi connectivity index (χ1) is 8.67. The third-order valence-electron chi connectivity index (χ3n) is 2.68. The highest BCUT2D eigenvalue weighted by Gasteiger charge is 2.44. The summed E-state index contributed by atoms with van der Waals surface area (Å²) in [7, 11) is 0. The molecule has 106 valence electrons. The van der Waals surface area contributed by atoms with Gasteiger partial charge in [-0.15, -0.1) is 0 Å². The van der Waals surface area contributed by atoms with Gasteiger partial charge < -0.3 is 10.1 Å². The summed E-state index contributed by atoms with van der Waals surface area (Å²) in [4.78, 5) is 10.8. The van der Waals surface area contributed by atoms with E-state index in [4.69, 9.17) is 0 Å². The van der Waals surface area contributed by atoms with Crippen molar-refractivity contribution in [3.05, 3.63) is 17.5 Å². The van der Waals surface area contributed by atoms with Crippen molar-refractivity contribution in [3.8, 4) is 0 Å².